The summed E-state index contributed by atoms with van der Waals surface area (Å²) in [4.78, 5) is 10.7. The lowest BCUT2D eigenvalue weighted by Gasteiger charge is -2.09. The number of carbonyl (C=O) groups excluding carboxylic acids is 1. The highest BCUT2D eigenvalue weighted by atomic mass is 32.2. The van der Waals surface area contributed by atoms with Crippen molar-refractivity contribution < 1.29 is 27.8 Å². The highest BCUT2D eigenvalue weighted by Gasteiger charge is 2.31. The third kappa shape index (κ3) is 6.19. The molecule has 19 heavy (non-hydrogen) atoms. The van der Waals surface area contributed by atoms with E-state index < -0.39 is 12.1 Å². The van der Waals surface area contributed by atoms with Crippen molar-refractivity contribution in [2.45, 2.75) is 13.3 Å². The zero-order valence-corrected chi connectivity index (χ0v) is 10.7. The van der Waals surface area contributed by atoms with Crippen LogP contribution in [0, 0.1) is 0 Å². The van der Waals surface area contributed by atoms with Gasteiger partial charge in [-0.1, -0.05) is 23.9 Å². The van der Waals surface area contributed by atoms with Crippen LogP contribution in [0.25, 0.3) is 6.08 Å². The molecule has 0 saturated heterocycles. The monoisotopic (exact) mass is 292 g/mol. The van der Waals surface area contributed by atoms with Gasteiger partial charge in [0.25, 0.3) is 0 Å². The maximum Gasteiger partial charge on any atom is 0.573 e. The smallest absolute Gasteiger partial charge is 0.507 e. The van der Waals surface area contributed by atoms with Crippen LogP contribution in [0.2, 0.25) is 0 Å². The van der Waals surface area contributed by atoms with Gasteiger partial charge in [0.15, 0.2) is 5.12 Å². The van der Waals surface area contributed by atoms with Gasteiger partial charge >= 0.3 is 6.36 Å². The lowest BCUT2D eigenvalue weighted by atomic mass is 10.2. The third-order valence-corrected chi connectivity index (χ3v) is 2.68. The van der Waals surface area contributed by atoms with Crippen molar-refractivity contribution >= 4 is 23.0 Å². The fraction of sp³-hybridized carbons (Fsp3) is 0.250. The molecule has 7 heteroatoms. The average molecular weight is 292 g/mol. The Hall–Kier alpha value is -1.63. The van der Waals surface area contributed by atoms with E-state index in [4.69, 9.17) is 0 Å². The van der Waals surface area contributed by atoms with Crippen LogP contribution in [-0.2, 0) is 4.79 Å². The number of carbonyl (C=O) groups is 1. The molecule has 0 atom stereocenters. The van der Waals surface area contributed by atoms with E-state index in [1.165, 1.54) is 13.0 Å². The Morgan fingerprint density at radius 3 is 2.74 bits per heavy atom. The number of rotatable bonds is 4. The van der Waals surface area contributed by atoms with Crippen LogP contribution >= 0.6 is 11.8 Å². The van der Waals surface area contributed by atoms with Gasteiger partial charge in [-0.2, -0.15) is 0 Å². The Bertz CT molecular complexity index is 484. The second-order valence-corrected chi connectivity index (χ2v) is 4.67. The first-order valence-corrected chi connectivity index (χ1v) is 6.15. The van der Waals surface area contributed by atoms with Gasteiger partial charge in [0.2, 0.25) is 0 Å². The van der Waals surface area contributed by atoms with Crippen LogP contribution in [-0.4, -0.2) is 22.3 Å². The van der Waals surface area contributed by atoms with Crippen LogP contribution in [0.15, 0.2) is 24.3 Å². The van der Waals surface area contributed by atoms with Gasteiger partial charge in [-0.25, -0.2) is 0 Å². The summed E-state index contributed by atoms with van der Waals surface area (Å²) in [5.74, 6) is -0.207. The van der Waals surface area contributed by atoms with Gasteiger partial charge in [-0.05, 0) is 18.2 Å². The number of hydrogen-bond acceptors (Lipinski definition) is 4. The number of aromatic hydroxyl groups is 1. The van der Waals surface area contributed by atoms with Crippen molar-refractivity contribution in [2.24, 2.45) is 0 Å². The first-order valence-electron chi connectivity index (χ1n) is 5.16. The van der Waals surface area contributed by atoms with Crippen LogP contribution in [0.1, 0.15) is 12.5 Å². The minimum Gasteiger partial charge on any atom is -0.507 e. The summed E-state index contributed by atoms with van der Waals surface area (Å²) in [5.41, 5.74) is 0.186. The largest absolute Gasteiger partial charge is 0.573 e. The highest BCUT2D eigenvalue weighted by Crippen LogP contribution is 2.28. The van der Waals surface area contributed by atoms with E-state index in [2.05, 4.69) is 4.74 Å². The SMILES string of the molecule is CC(=O)SCC=Cc1cc(OC(F)(F)F)ccc1O. The normalized spacial score (nSPS) is 11.8. The molecule has 0 radical (unpaired) electrons. The van der Waals surface area contributed by atoms with Crippen molar-refractivity contribution in [2.75, 3.05) is 5.75 Å². The fourth-order valence-electron chi connectivity index (χ4n) is 1.20. The number of halogens is 3. The molecule has 1 N–H and O–H groups in total. The summed E-state index contributed by atoms with van der Waals surface area (Å²) in [6.45, 7) is 1.41. The summed E-state index contributed by atoms with van der Waals surface area (Å²) in [6.07, 6.45) is -1.78. The Morgan fingerprint density at radius 2 is 2.16 bits per heavy atom. The lowest BCUT2D eigenvalue weighted by molar-refractivity contribution is -0.274. The Labute approximate surface area is 112 Å². The van der Waals surface area contributed by atoms with Crippen molar-refractivity contribution in [1.29, 1.82) is 0 Å². The molecular weight excluding hydrogens is 281 g/mol. The minimum absolute atomic E-state index is 0.0666. The maximum absolute atomic E-state index is 12.0. The van der Waals surface area contributed by atoms with Crippen LogP contribution in [0.4, 0.5) is 13.2 Å². The first kappa shape index (κ1) is 15.4. The summed E-state index contributed by atoms with van der Waals surface area (Å²) < 4.78 is 39.8. The zero-order valence-electron chi connectivity index (χ0n) is 9.90. The van der Waals surface area contributed by atoms with Crippen LogP contribution in [0.3, 0.4) is 0 Å². The molecule has 1 rings (SSSR count). The number of hydrogen-bond donors (Lipinski definition) is 1. The number of alkyl halides is 3. The number of thioether (sulfide) groups is 1. The molecule has 0 spiro atoms. The van der Waals surface area contributed by atoms with Crippen molar-refractivity contribution in [3.63, 3.8) is 0 Å². The van der Waals surface area contributed by atoms with E-state index in [0.717, 1.165) is 30.0 Å². The molecule has 0 amide bonds. The lowest BCUT2D eigenvalue weighted by Crippen LogP contribution is -2.17. The van der Waals surface area contributed by atoms with Gasteiger partial charge in [-0.15, -0.1) is 13.2 Å². The maximum atomic E-state index is 12.0. The number of phenols is 1. The quantitative estimate of drug-likeness (QED) is 0.921. The summed E-state index contributed by atoms with van der Waals surface area (Å²) in [5, 5.41) is 9.41. The van der Waals surface area contributed by atoms with Gasteiger partial charge in [-0.3, -0.25) is 4.79 Å². The molecule has 0 aromatic heterocycles. The minimum atomic E-state index is -4.78. The predicted octanol–water partition coefficient (Wildman–Crippen LogP) is 3.58. The molecule has 0 fully saturated rings. The topological polar surface area (TPSA) is 46.5 Å². The number of benzene rings is 1. The van der Waals surface area contributed by atoms with Crippen molar-refractivity contribution in [1.82, 2.24) is 0 Å². The Kier molecular flexibility index (Phi) is 5.29. The summed E-state index contributed by atoms with van der Waals surface area (Å²) in [7, 11) is 0. The molecule has 1 aromatic rings. The van der Waals surface area contributed by atoms with Crippen LogP contribution < -0.4 is 4.74 Å². The van der Waals surface area contributed by atoms with E-state index in [-0.39, 0.29) is 16.4 Å². The Morgan fingerprint density at radius 1 is 1.47 bits per heavy atom. The van der Waals surface area contributed by atoms with E-state index in [1.807, 2.05) is 0 Å². The molecule has 0 aliphatic heterocycles. The molecule has 0 bridgehead atoms. The molecule has 3 nitrogen and oxygen atoms in total. The van der Waals surface area contributed by atoms with E-state index in [1.54, 1.807) is 6.08 Å². The summed E-state index contributed by atoms with van der Waals surface area (Å²) >= 11 is 1.05. The van der Waals surface area contributed by atoms with Gasteiger partial charge in [0.05, 0.1) is 0 Å². The fourth-order valence-corrected chi connectivity index (χ4v) is 1.63. The standard InChI is InChI=1S/C12H11F3O3S/c1-8(16)19-6-2-3-9-7-10(4-5-11(9)17)18-12(13,14)15/h2-5,7,17H,6H2,1H3. The Balaban J connectivity index is 2.77. The van der Waals surface area contributed by atoms with Crippen molar-refractivity contribution in [3.8, 4) is 11.5 Å². The van der Waals surface area contributed by atoms with Gasteiger partial charge in [0.1, 0.15) is 11.5 Å². The van der Waals surface area contributed by atoms with E-state index >= 15 is 0 Å². The second kappa shape index (κ2) is 6.51. The second-order valence-electron chi connectivity index (χ2n) is 3.47. The molecular formula is C12H11F3O3S. The molecule has 1 aromatic carbocycles. The molecule has 0 heterocycles. The zero-order chi connectivity index (χ0) is 14.5. The average Bonchev–Trinajstić information content (AvgIpc) is 2.26. The number of ether oxygens (including phenoxy) is 1. The first-order chi connectivity index (χ1) is 8.78. The van der Waals surface area contributed by atoms with Crippen molar-refractivity contribution in [3.05, 3.63) is 29.8 Å². The molecule has 0 unspecified atom stereocenters. The van der Waals surface area contributed by atoms with Crippen LogP contribution in [0.5, 0.6) is 11.5 Å². The molecule has 104 valence electrons. The van der Waals surface area contributed by atoms with Gasteiger partial charge < -0.3 is 9.84 Å². The predicted molar refractivity (Wildman–Crippen MR) is 67.0 cm³/mol. The number of phenolic OH excluding ortho intramolecular Hbond substituents is 1. The molecule has 0 saturated carbocycles. The highest BCUT2D eigenvalue weighted by molar-refractivity contribution is 8.13. The summed E-state index contributed by atoms with van der Waals surface area (Å²) in [6, 6.07) is 3.20. The third-order valence-electron chi connectivity index (χ3n) is 1.91. The van der Waals surface area contributed by atoms with E-state index in [9.17, 15) is 23.1 Å². The van der Waals surface area contributed by atoms with Gasteiger partial charge in [0, 0.05) is 18.2 Å². The van der Waals surface area contributed by atoms with E-state index in [0.29, 0.717) is 5.75 Å². The molecule has 0 aliphatic rings. The molecule has 0 aliphatic carbocycles.